The van der Waals surface area contributed by atoms with Crippen molar-refractivity contribution in [3.8, 4) is 44.5 Å². The highest BCUT2D eigenvalue weighted by Gasteiger charge is 2.53. The first-order valence-corrected chi connectivity index (χ1v) is 22.0. The fraction of sp³-hybridized carbons (Fsp3) is 0.0323. The fourth-order valence-electron chi connectivity index (χ4n) is 11.8. The quantitative estimate of drug-likeness (QED) is 0.168. The molecule has 1 spiro atoms. The smallest absolute Gasteiger partial charge is 0.0754 e. The molecule has 10 aromatic carbocycles. The molecule has 1 heterocycles. The summed E-state index contributed by atoms with van der Waals surface area (Å²) in [5, 5.41) is 0. The van der Waals surface area contributed by atoms with Gasteiger partial charge in [0.15, 0.2) is 0 Å². The lowest BCUT2D eigenvalue weighted by molar-refractivity contribution is 0.752. The van der Waals surface area contributed by atoms with E-state index in [1.165, 1.54) is 106 Å². The van der Waals surface area contributed by atoms with Gasteiger partial charge >= 0.3 is 0 Å². The molecule has 1 nitrogen and oxygen atoms in total. The number of rotatable bonds is 5. The molecule has 0 fully saturated rings. The van der Waals surface area contributed by atoms with Crippen LogP contribution >= 0.6 is 0 Å². The van der Waals surface area contributed by atoms with Crippen LogP contribution in [0.4, 0.5) is 17.1 Å². The van der Waals surface area contributed by atoms with Gasteiger partial charge in [-0.1, -0.05) is 224 Å². The van der Waals surface area contributed by atoms with Gasteiger partial charge in [0.05, 0.1) is 27.9 Å². The Hall–Kier alpha value is -8.00. The molecule has 0 bridgehead atoms. The fourth-order valence-corrected chi connectivity index (χ4v) is 11.8. The summed E-state index contributed by atoms with van der Waals surface area (Å²) in [5.74, 6) is 0. The van der Waals surface area contributed by atoms with Crippen LogP contribution in [-0.2, 0) is 10.8 Å². The molecule has 0 unspecified atom stereocenters. The molecule has 13 rings (SSSR count). The Balaban J connectivity index is 1.15. The van der Waals surface area contributed by atoms with Crippen LogP contribution < -0.4 is 4.90 Å². The van der Waals surface area contributed by atoms with Crippen LogP contribution in [-0.4, -0.2) is 0 Å². The zero-order valence-electron chi connectivity index (χ0n) is 34.6. The van der Waals surface area contributed by atoms with Crippen LogP contribution in [0.15, 0.2) is 249 Å². The first-order chi connectivity index (χ1) is 31.3. The lowest BCUT2D eigenvalue weighted by Crippen LogP contribution is -2.36. The number of para-hydroxylation sites is 1. The summed E-state index contributed by atoms with van der Waals surface area (Å²) in [6.45, 7) is 0. The van der Waals surface area contributed by atoms with Crippen LogP contribution in [0, 0.1) is 0 Å². The predicted octanol–water partition coefficient (Wildman–Crippen LogP) is 15.5. The number of hydrogen-bond donors (Lipinski definition) is 0. The summed E-state index contributed by atoms with van der Waals surface area (Å²) in [7, 11) is 0. The topological polar surface area (TPSA) is 3.24 Å². The molecule has 0 amide bonds. The Morgan fingerprint density at radius 3 is 1.29 bits per heavy atom. The molecule has 0 atom stereocenters. The van der Waals surface area contributed by atoms with Crippen molar-refractivity contribution in [3.05, 3.63) is 293 Å². The van der Waals surface area contributed by atoms with Gasteiger partial charge in [-0.15, -0.1) is 0 Å². The summed E-state index contributed by atoms with van der Waals surface area (Å²) < 4.78 is 0. The third kappa shape index (κ3) is 4.82. The zero-order chi connectivity index (χ0) is 41.5. The number of benzene rings is 10. The van der Waals surface area contributed by atoms with Crippen LogP contribution in [0.3, 0.4) is 0 Å². The highest BCUT2D eigenvalue weighted by Crippen LogP contribution is 2.66. The third-order valence-corrected chi connectivity index (χ3v) is 14.2. The van der Waals surface area contributed by atoms with Crippen LogP contribution in [0.1, 0.15) is 44.5 Å². The lowest BCUT2D eigenvalue weighted by atomic mass is 9.64. The standard InChI is InChI=1S/C62H41N/c1-4-21-42(22-5-1)46-27-10-11-28-47(46)43-39-40-58-56(41-43)62(51-32-15-12-29-48(51)49-30-13-16-33-52(49)62)54-35-18-19-37-57(54)63(58)59-38-20-36-55-60(59)50-31-14-17-34-53(50)61(55,44-23-6-2-7-24-44)45-25-8-3-9-26-45/h1-41H. The van der Waals surface area contributed by atoms with Gasteiger partial charge < -0.3 is 4.90 Å². The molecular weight excluding hydrogens is 759 g/mol. The van der Waals surface area contributed by atoms with Gasteiger partial charge in [0.2, 0.25) is 0 Å². The van der Waals surface area contributed by atoms with E-state index in [4.69, 9.17) is 0 Å². The average molecular weight is 800 g/mol. The minimum absolute atomic E-state index is 0.516. The van der Waals surface area contributed by atoms with Gasteiger partial charge in [0.1, 0.15) is 0 Å². The van der Waals surface area contributed by atoms with Crippen molar-refractivity contribution in [1.29, 1.82) is 0 Å². The first kappa shape index (κ1) is 35.7. The van der Waals surface area contributed by atoms with Crippen molar-refractivity contribution in [1.82, 2.24) is 0 Å². The van der Waals surface area contributed by atoms with Gasteiger partial charge in [-0.05, 0) is 108 Å². The first-order valence-electron chi connectivity index (χ1n) is 22.0. The zero-order valence-corrected chi connectivity index (χ0v) is 34.6. The second-order valence-electron chi connectivity index (χ2n) is 17.1. The molecule has 294 valence electrons. The monoisotopic (exact) mass is 799 g/mol. The molecule has 0 saturated carbocycles. The maximum Gasteiger partial charge on any atom is 0.0754 e. The normalized spacial score (nSPS) is 14.3. The van der Waals surface area contributed by atoms with Crippen LogP contribution in [0.2, 0.25) is 0 Å². The molecule has 0 radical (unpaired) electrons. The SMILES string of the molecule is c1ccc(-c2ccccc2-c2ccc3c(c2)C2(c4ccccc4-c4ccccc42)c2ccccc2N3c2cccc3c2-c2ccccc2C3(c2ccccc2)c2ccccc2)cc1. The molecule has 0 aromatic heterocycles. The number of anilines is 3. The van der Waals surface area contributed by atoms with Gasteiger partial charge in [-0.25, -0.2) is 0 Å². The van der Waals surface area contributed by atoms with E-state index in [2.05, 4.69) is 254 Å². The Bertz CT molecular complexity index is 3320. The molecular formula is C62H41N. The predicted molar refractivity (Wildman–Crippen MR) is 260 cm³/mol. The Kier molecular flexibility index (Phi) is 7.80. The van der Waals surface area contributed by atoms with E-state index >= 15 is 0 Å². The van der Waals surface area contributed by atoms with Crippen LogP contribution in [0.5, 0.6) is 0 Å². The van der Waals surface area contributed by atoms with Gasteiger partial charge in [0.25, 0.3) is 0 Å². The second-order valence-corrected chi connectivity index (χ2v) is 17.1. The molecule has 0 saturated heterocycles. The Morgan fingerprint density at radius 2 is 0.667 bits per heavy atom. The third-order valence-electron chi connectivity index (χ3n) is 14.2. The maximum absolute atomic E-state index is 2.59. The number of nitrogens with zero attached hydrogens (tertiary/aromatic N) is 1. The summed E-state index contributed by atoms with van der Waals surface area (Å²) >= 11 is 0. The molecule has 1 heteroatoms. The van der Waals surface area contributed by atoms with E-state index < -0.39 is 10.8 Å². The summed E-state index contributed by atoms with van der Waals surface area (Å²) in [5.41, 5.74) is 22.8. The minimum Gasteiger partial charge on any atom is -0.309 e. The molecule has 3 aliphatic rings. The molecule has 1 aliphatic heterocycles. The van der Waals surface area contributed by atoms with Gasteiger partial charge in [-0.3, -0.25) is 0 Å². The second kappa shape index (κ2) is 13.8. The maximum atomic E-state index is 2.59. The Morgan fingerprint density at radius 1 is 0.238 bits per heavy atom. The van der Waals surface area contributed by atoms with Gasteiger partial charge in [0, 0.05) is 5.56 Å². The van der Waals surface area contributed by atoms with E-state index in [9.17, 15) is 0 Å². The van der Waals surface area contributed by atoms with Crippen molar-refractivity contribution in [3.63, 3.8) is 0 Å². The number of hydrogen-bond acceptors (Lipinski definition) is 1. The highest BCUT2D eigenvalue weighted by atomic mass is 15.2. The van der Waals surface area contributed by atoms with Gasteiger partial charge in [-0.2, -0.15) is 0 Å². The van der Waals surface area contributed by atoms with E-state index in [0.29, 0.717) is 0 Å². The molecule has 0 N–H and O–H groups in total. The molecule has 63 heavy (non-hydrogen) atoms. The summed E-state index contributed by atoms with van der Waals surface area (Å²) in [6, 6.07) is 92.8. The van der Waals surface area contributed by atoms with E-state index in [0.717, 1.165) is 0 Å². The lowest BCUT2D eigenvalue weighted by Gasteiger charge is -2.45. The van der Waals surface area contributed by atoms with E-state index in [-0.39, 0.29) is 0 Å². The van der Waals surface area contributed by atoms with E-state index in [1.54, 1.807) is 0 Å². The van der Waals surface area contributed by atoms with Crippen molar-refractivity contribution in [2.45, 2.75) is 10.8 Å². The van der Waals surface area contributed by atoms with Crippen molar-refractivity contribution in [2.24, 2.45) is 0 Å². The largest absolute Gasteiger partial charge is 0.309 e. The van der Waals surface area contributed by atoms with Crippen molar-refractivity contribution < 1.29 is 0 Å². The minimum atomic E-state index is -0.568. The van der Waals surface area contributed by atoms with Crippen molar-refractivity contribution in [2.75, 3.05) is 4.90 Å². The highest BCUT2D eigenvalue weighted by molar-refractivity contribution is 6.02. The van der Waals surface area contributed by atoms with Crippen molar-refractivity contribution >= 4 is 17.1 Å². The molecule has 10 aromatic rings. The number of fused-ring (bicyclic) bond motifs is 12. The molecule has 2 aliphatic carbocycles. The Labute approximate surface area is 368 Å². The summed E-state index contributed by atoms with van der Waals surface area (Å²) in [6.07, 6.45) is 0. The van der Waals surface area contributed by atoms with E-state index in [1.807, 2.05) is 0 Å². The average Bonchev–Trinajstić information content (AvgIpc) is 3.84. The summed E-state index contributed by atoms with van der Waals surface area (Å²) in [4.78, 5) is 2.59. The van der Waals surface area contributed by atoms with Crippen LogP contribution in [0.25, 0.3) is 44.5 Å².